The van der Waals surface area contributed by atoms with Crippen LogP contribution in [0.25, 0.3) is 0 Å². The van der Waals surface area contributed by atoms with Crippen LogP contribution in [-0.4, -0.2) is 23.9 Å². The summed E-state index contributed by atoms with van der Waals surface area (Å²) in [5, 5.41) is 0. The number of likely N-dealkylation sites (tertiary alicyclic amines) is 1. The predicted molar refractivity (Wildman–Crippen MR) is 79.4 cm³/mol. The summed E-state index contributed by atoms with van der Waals surface area (Å²) in [4.78, 5) is 6.69. The summed E-state index contributed by atoms with van der Waals surface area (Å²) in [6, 6.07) is 8.19. The maximum absolute atomic E-state index is 6.06. The molecule has 1 aliphatic rings. The molecule has 1 atom stereocenters. The number of aliphatic imine (C=N–C) groups is 1. The molecule has 2 N–H and O–H groups in total. The predicted octanol–water partition coefficient (Wildman–Crippen LogP) is 3.00. The minimum Gasteiger partial charge on any atom is -0.370 e. The molecule has 0 radical (unpaired) electrons. The van der Waals surface area contributed by atoms with Gasteiger partial charge < -0.3 is 10.6 Å². The smallest absolute Gasteiger partial charge is 0.191 e. The summed E-state index contributed by atoms with van der Waals surface area (Å²) in [5.74, 6) is 1.40. The van der Waals surface area contributed by atoms with Crippen molar-refractivity contribution in [3.05, 3.63) is 34.3 Å². The van der Waals surface area contributed by atoms with Gasteiger partial charge in [0.15, 0.2) is 5.96 Å². The van der Waals surface area contributed by atoms with Gasteiger partial charge in [0.25, 0.3) is 0 Å². The molecule has 3 nitrogen and oxygen atoms in total. The van der Waals surface area contributed by atoms with Gasteiger partial charge in [-0.05, 0) is 36.5 Å². The summed E-state index contributed by atoms with van der Waals surface area (Å²) >= 11 is 3.46. The molecule has 1 fully saturated rings. The molecular formula is C14H20BrN3. The molecule has 1 saturated heterocycles. The van der Waals surface area contributed by atoms with Crippen LogP contribution in [0.2, 0.25) is 0 Å². The van der Waals surface area contributed by atoms with E-state index in [2.05, 4.69) is 44.9 Å². The highest BCUT2D eigenvalue weighted by Gasteiger charge is 2.17. The third kappa shape index (κ3) is 3.73. The number of guanidine groups is 1. The number of hydrogen-bond donors (Lipinski definition) is 1. The molecule has 1 unspecified atom stereocenters. The lowest BCUT2D eigenvalue weighted by molar-refractivity contribution is 0.270. The Bertz CT molecular complexity index is 431. The largest absolute Gasteiger partial charge is 0.370 e. The second-order valence-corrected chi connectivity index (χ2v) is 5.91. The second-order valence-electron chi connectivity index (χ2n) is 5.00. The first-order chi connectivity index (χ1) is 8.65. The van der Waals surface area contributed by atoms with Crippen molar-refractivity contribution in [3.63, 3.8) is 0 Å². The number of halogens is 1. The highest BCUT2D eigenvalue weighted by molar-refractivity contribution is 9.10. The molecule has 2 rings (SSSR count). The highest BCUT2D eigenvalue weighted by atomic mass is 79.9. The lowest BCUT2D eigenvalue weighted by atomic mass is 10.0. The van der Waals surface area contributed by atoms with Gasteiger partial charge in [-0.1, -0.05) is 35.0 Å². The number of piperidine rings is 1. The molecule has 0 aliphatic carbocycles. The third-order valence-electron chi connectivity index (χ3n) is 3.29. The Morgan fingerprint density at radius 3 is 3.11 bits per heavy atom. The lowest BCUT2D eigenvalue weighted by Crippen LogP contribution is -2.43. The van der Waals surface area contributed by atoms with Crippen LogP contribution in [0.5, 0.6) is 0 Å². The Labute approximate surface area is 117 Å². The number of benzene rings is 1. The normalized spacial score (nSPS) is 21.1. The maximum Gasteiger partial charge on any atom is 0.191 e. The first-order valence-electron chi connectivity index (χ1n) is 6.44. The Hall–Kier alpha value is -1.03. The number of hydrogen-bond acceptors (Lipinski definition) is 1. The van der Waals surface area contributed by atoms with Crippen LogP contribution >= 0.6 is 15.9 Å². The maximum atomic E-state index is 6.06. The van der Waals surface area contributed by atoms with Crippen molar-refractivity contribution < 1.29 is 0 Å². The summed E-state index contributed by atoms with van der Waals surface area (Å²) < 4.78 is 1.08. The van der Waals surface area contributed by atoms with Crippen molar-refractivity contribution in [3.8, 4) is 0 Å². The lowest BCUT2D eigenvalue weighted by Gasteiger charge is -2.31. The van der Waals surface area contributed by atoms with Crippen LogP contribution in [0.1, 0.15) is 25.3 Å². The van der Waals surface area contributed by atoms with E-state index >= 15 is 0 Å². The Kier molecular flexibility index (Phi) is 4.64. The van der Waals surface area contributed by atoms with Gasteiger partial charge in [-0.25, -0.2) is 4.99 Å². The number of rotatable bonds is 2. The number of nitrogens with zero attached hydrogens (tertiary/aromatic N) is 2. The van der Waals surface area contributed by atoms with E-state index < -0.39 is 0 Å². The fourth-order valence-corrected chi connectivity index (χ4v) is 2.75. The Balaban J connectivity index is 1.96. The van der Waals surface area contributed by atoms with Crippen LogP contribution in [0, 0.1) is 5.92 Å². The van der Waals surface area contributed by atoms with Crippen molar-refractivity contribution in [2.45, 2.75) is 26.3 Å². The molecule has 4 heteroatoms. The first-order valence-corrected chi connectivity index (χ1v) is 7.24. The molecule has 1 aromatic carbocycles. The van der Waals surface area contributed by atoms with E-state index in [4.69, 9.17) is 5.73 Å². The van der Waals surface area contributed by atoms with Gasteiger partial charge in [-0.3, -0.25) is 0 Å². The van der Waals surface area contributed by atoms with Crippen molar-refractivity contribution >= 4 is 21.9 Å². The summed E-state index contributed by atoms with van der Waals surface area (Å²) in [6.45, 7) is 5.00. The Morgan fingerprint density at radius 1 is 1.56 bits per heavy atom. The summed E-state index contributed by atoms with van der Waals surface area (Å²) in [7, 11) is 0. The van der Waals surface area contributed by atoms with Crippen LogP contribution in [0.3, 0.4) is 0 Å². The molecule has 0 amide bonds. The standard InChI is InChI=1S/C14H20BrN3/c1-11-4-3-7-18(10-11)14(16)17-9-12-5-2-6-13(15)8-12/h2,5-6,8,11H,3-4,7,9-10H2,1H3,(H2,16,17). The van der Waals surface area contributed by atoms with Gasteiger partial charge in [0.2, 0.25) is 0 Å². The molecule has 1 aromatic rings. The van der Waals surface area contributed by atoms with Crippen molar-refractivity contribution in [1.29, 1.82) is 0 Å². The molecule has 98 valence electrons. The van der Waals surface area contributed by atoms with E-state index in [9.17, 15) is 0 Å². The van der Waals surface area contributed by atoms with Gasteiger partial charge in [-0.15, -0.1) is 0 Å². The van der Waals surface area contributed by atoms with Gasteiger partial charge in [-0.2, -0.15) is 0 Å². The van der Waals surface area contributed by atoms with Gasteiger partial charge in [0, 0.05) is 17.6 Å². The van der Waals surface area contributed by atoms with Crippen LogP contribution in [0.4, 0.5) is 0 Å². The highest BCUT2D eigenvalue weighted by Crippen LogP contribution is 2.16. The van der Waals surface area contributed by atoms with E-state index in [1.807, 2.05) is 12.1 Å². The monoisotopic (exact) mass is 309 g/mol. The number of nitrogens with two attached hydrogens (primary N) is 1. The summed E-state index contributed by atoms with van der Waals surface area (Å²) in [5.41, 5.74) is 7.24. The van der Waals surface area contributed by atoms with Crippen LogP contribution < -0.4 is 5.73 Å². The zero-order chi connectivity index (χ0) is 13.0. The molecular weight excluding hydrogens is 290 g/mol. The van der Waals surface area contributed by atoms with Gasteiger partial charge in [0.05, 0.1) is 6.54 Å². The molecule has 0 aromatic heterocycles. The van der Waals surface area contributed by atoms with E-state index in [0.717, 1.165) is 23.5 Å². The molecule has 1 heterocycles. The fraction of sp³-hybridized carbons (Fsp3) is 0.500. The molecule has 18 heavy (non-hydrogen) atoms. The van der Waals surface area contributed by atoms with Crippen LogP contribution in [-0.2, 0) is 6.54 Å². The zero-order valence-electron chi connectivity index (χ0n) is 10.8. The topological polar surface area (TPSA) is 41.6 Å². The third-order valence-corrected chi connectivity index (χ3v) is 3.79. The molecule has 0 spiro atoms. The first kappa shape index (κ1) is 13.4. The average Bonchev–Trinajstić information content (AvgIpc) is 2.36. The minimum atomic E-state index is 0.649. The SMILES string of the molecule is CC1CCCN(C(N)=NCc2cccc(Br)c2)C1. The fourth-order valence-electron chi connectivity index (χ4n) is 2.31. The van der Waals surface area contributed by atoms with Gasteiger partial charge in [0.1, 0.15) is 0 Å². The Morgan fingerprint density at radius 2 is 2.39 bits per heavy atom. The summed E-state index contributed by atoms with van der Waals surface area (Å²) in [6.07, 6.45) is 2.52. The van der Waals surface area contributed by atoms with Crippen molar-refractivity contribution in [1.82, 2.24) is 4.90 Å². The van der Waals surface area contributed by atoms with Crippen molar-refractivity contribution in [2.24, 2.45) is 16.6 Å². The van der Waals surface area contributed by atoms with E-state index in [0.29, 0.717) is 12.5 Å². The second kappa shape index (κ2) is 6.23. The molecule has 0 saturated carbocycles. The quantitative estimate of drug-likeness (QED) is 0.674. The van der Waals surface area contributed by atoms with E-state index in [1.54, 1.807) is 0 Å². The zero-order valence-corrected chi connectivity index (χ0v) is 12.4. The molecule has 0 bridgehead atoms. The molecule has 1 aliphatic heterocycles. The average molecular weight is 310 g/mol. The van der Waals surface area contributed by atoms with Crippen molar-refractivity contribution in [2.75, 3.05) is 13.1 Å². The van der Waals surface area contributed by atoms with E-state index in [-0.39, 0.29) is 0 Å². The van der Waals surface area contributed by atoms with Gasteiger partial charge >= 0.3 is 0 Å². The van der Waals surface area contributed by atoms with Crippen LogP contribution in [0.15, 0.2) is 33.7 Å². The van der Waals surface area contributed by atoms with E-state index in [1.165, 1.54) is 18.4 Å². The minimum absolute atomic E-state index is 0.649.